The second kappa shape index (κ2) is 5.90. The van der Waals surface area contributed by atoms with Crippen molar-refractivity contribution < 1.29 is 14.5 Å². The minimum Gasteiger partial charge on any atom is -0.326 e. The van der Waals surface area contributed by atoms with E-state index in [9.17, 15) is 19.7 Å². The Hall–Kier alpha value is -2.24. The Bertz CT molecular complexity index is 497. The Morgan fingerprint density at radius 3 is 2.56 bits per heavy atom. The van der Waals surface area contributed by atoms with Gasteiger partial charge in [0, 0.05) is 31.0 Å². The van der Waals surface area contributed by atoms with Gasteiger partial charge < -0.3 is 5.32 Å². The number of ketones is 1. The Labute approximate surface area is 104 Å². The van der Waals surface area contributed by atoms with Gasteiger partial charge in [-0.25, -0.2) is 0 Å². The number of non-ortho nitro benzene ring substituents is 1. The Morgan fingerprint density at radius 1 is 1.39 bits per heavy atom. The second-order valence-corrected chi connectivity index (χ2v) is 3.84. The monoisotopic (exact) mass is 250 g/mol. The van der Waals surface area contributed by atoms with Crippen molar-refractivity contribution in [3.05, 3.63) is 33.9 Å². The Morgan fingerprint density at radius 2 is 2.06 bits per heavy atom. The van der Waals surface area contributed by atoms with Gasteiger partial charge in [-0.2, -0.15) is 0 Å². The fourth-order valence-electron chi connectivity index (χ4n) is 1.54. The van der Waals surface area contributed by atoms with Gasteiger partial charge in [0.15, 0.2) is 5.78 Å². The first kappa shape index (κ1) is 13.8. The maximum absolute atomic E-state index is 11.8. The maximum atomic E-state index is 11.8. The summed E-state index contributed by atoms with van der Waals surface area (Å²) in [4.78, 5) is 33.0. The van der Waals surface area contributed by atoms with E-state index >= 15 is 0 Å². The molecule has 1 amide bonds. The molecule has 6 nitrogen and oxygen atoms in total. The largest absolute Gasteiger partial charge is 0.326 e. The lowest BCUT2D eigenvalue weighted by Gasteiger charge is -2.08. The van der Waals surface area contributed by atoms with Crippen LogP contribution in [0.4, 0.5) is 11.4 Å². The molecular formula is C12H14N2O4. The molecule has 96 valence electrons. The van der Waals surface area contributed by atoms with Crippen molar-refractivity contribution in [3.63, 3.8) is 0 Å². The van der Waals surface area contributed by atoms with Crippen LogP contribution in [0.5, 0.6) is 0 Å². The van der Waals surface area contributed by atoms with Gasteiger partial charge in [0.2, 0.25) is 5.91 Å². The molecular weight excluding hydrogens is 236 g/mol. The SMILES string of the molecule is CCCC(=O)c1cc([N+](=O)[O-])ccc1NC(C)=O. The van der Waals surface area contributed by atoms with Crippen molar-refractivity contribution >= 4 is 23.1 Å². The fourth-order valence-corrected chi connectivity index (χ4v) is 1.54. The summed E-state index contributed by atoms with van der Waals surface area (Å²) in [7, 11) is 0. The molecule has 1 rings (SSSR count). The lowest BCUT2D eigenvalue weighted by atomic mass is 10.0. The van der Waals surface area contributed by atoms with Crippen LogP contribution in [0.25, 0.3) is 0 Å². The number of benzene rings is 1. The van der Waals surface area contributed by atoms with Crippen molar-refractivity contribution in [2.75, 3.05) is 5.32 Å². The molecule has 0 saturated heterocycles. The number of nitrogens with one attached hydrogen (secondary N) is 1. The average Bonchev–Trinajstić information content (AvgIpc) is 2.28. The van der Waals surface area contributed by atoms with Crippen molar-refractivity contribution in [2.45, 2.75) is 26.7 Å². The molecule has 1 N–H and O–H groups in total. The van der Waals surface area contributed by atoms with E-state index in [-0.39, 0.29) is 29.4 Å². The number of rotatable bonds is 5. The summed E-state index contributed by atoms with van der Waals surface area (Å²) < 4.78 is 0. The summed E-state index contributed by atoms with van der Waals surface area (Å²) in [6, 6.07) is 3.83. The van der Waals surface area contributed by atoms with E-state index in [2.05, 4.69) is 5.32 Å². The highest BCUT2D eigenvalue weighted by Gasteiger charge is 2.16. The summed E-state index contributed by atoms with van der Waals surface area (Å²) >= 11 is 0. The number of carbonyl (C=O) groups is 2. The Kier molecular flexibility index (Phi) is 4.53. The third kappa shape index (κ3) is 3.38. The highest BCUT2D eigenvalue weighted by molar-refractivity contribution is 6.05. The van der Waals surface area contributed by atoms with Crippen LogP contribution < -0.4 is 5.32 Å². The molecule has 0 heterocycles. The lowest BCUT2D eigenvalue weighted by Crippen LogP contribution is -2.11. The van der Waals surface area contributed by atoms with E-state index in [1.54, 1.807) is 0 Å². The first-order chi connectivity index (χ1) is 8.45. The van der Waals surface area contributed by atoms with E-state index in [0.29, 0.717) is 12.1 Å². The molecule has 0 aromatic heterocycles. The number of anilines is 1. The number of Topliss-reactive ketones (excluding diaryl/α,β-unsaturated/α-hetero) is 1. The fraction of sp³-hybridized carbons (Fsp3) is 0.333. The quantitative estimate of drug-likeness (QED) is 0.494. The van der Waals surface area contributed by atoms with Crippen molar-refractivity contribution in [1.29, 1.82) is 0 Å². The van der Waals surface area contributed by atoms with Crippen LogP contribution in [0.3, 0.4) is 0 Å². The molecule has 0 unspecified atom stereocenters. The standard InChI is InChI=1S/C12H14N2O4/c1-3-4-12(16)10-7-9(14(17)18)5-6-11(10)13-8(2)15/h5-7H,3-4H2,1-2H3,(H,13,15). The summed E-state index contributed by atoms with van der Waals surface area (Å²) in [6.45, 7) is 3.16. The maximum Gasteiger partial charge on any atom is 0.270 e. The van der Waals surface area contributed by atoms with Gasteiger partial charge in [-0.1, -0.05) is 6.92 Å². The summed E-state index contributed by atoms with van der Waals surface area (Å²) in [5.41, 5.74) is 0.330. The molecule has 6 heteroatoms. The highest BCUT2D eigenvalue weighted by Crippen LogP contribution is 2.23. The van der Waals surface area contributed by atoms with Crippen LogP contribution in [0.2, 0.25) is 0 Å². The molecule has 1 aromatic carbocycles. The Balaban J connectivity index is 3.21. The third-order valence-electron chi connectivity index (χ3n) is 2.30. The zero-order chi connectivity index (χ0) is 13.7. The normalized spacial score (nSPS) is 9.89. The molecule has 1 aromatic rings. The smallest absolute Gasteiger partial charge is 0.270 e. The predicted octanol–water partition coefficient (Wildman–Crippen LogP) is 2.54. The van der Waals surface area contributed by atoms with Gasteiger partial charge in [-0.3, -0.25) is 19.7 Å². The molecule has 0 atom stereocenters. The second-order valence-electron chi connectivity index (χ2n) is 3.84. The van der Waals surface area contributed by atoms with E-state index < -0.39 is 4.92 Å². The zero-order valence-electron chi connectivity index (χ0n) is 10.2. The van der Waals surface area contributed by atoms with Gasteiger partial charge in [0.25, 0.3) is 5.69 Å². The average molecular weight is 250 g/mol. The van der Waals surface area contributed by atoms with E-state index in [4.69, 9.17) is 0 Å². The molecule has 0 fully saturated rings. The van der Waals surface area contributed by atoms with Crippen LogP contribution >= 0.6 is 0 Å². The molecule has 0 radical (unpaired) electrons. The number of amides is 1. The van der Waals surface area contributed by atoms with Gasteiger partial charge >= 0.3 is 0 Å². The van der Waals surface area contributed by atoms with Crippen molar-refractivity contribution in [1.82, 2.24) is 0 Å². The van der Waals surface area contributed by atoms with E-state index in [0.717, 1.165) is 0 Å². The molecule has 0 aliphatic rings. The van der Waals surface area contributed by atoms with Gasteiger partial charge in [-0.05, 0) is 12.5 Å². The third-order valence-corrected chi connectivity index (χ3v) is 2.30. The summed E-state index contributed by atoms with van der Waals surface area (Å²) in [5, 5.41) is 13.2. The number of hydrogen-bond donors (Lipinski definition) is 1. The molecule has 18 heavy (non-hydrogen) atoms. The summed E-state index contributed by atoms with van der Waals surface area (Å²) in [5.74, 6) is -0.542. The molecule has 0 aliphatic carbocycles. The van der Waals surface area contributed by atoms with E-state index in [1.165, 1.54) is 25.1 Å². The number of nitro groups is 1. The lowest BCUT2D eigenvalue weighted by molar-refractivity contribution is -0.384. The number of nitro benzene ring substituents is 1. The molecule has 0 aliphatic heterocycles. The first-order valence-electron chi connectivity index (χ1n) is 5.55. The predicted molar refractivity (Wildman–Crippen MR) is 66.6 cm³/mol. The topological polar surface area (TPSA) is 89.3 Å². The minimum atomic E-state index is -0.569. The van der Waals surface area contributed by atoms with Gasteiger partial charge in [0.05, 0.1) is 10.6 Å². The van der Waals surface area contributed by atoms with E-state index in [1.807, 2.05) is 6.92 Å². The summed E-state index contributed by atoms with van der Waals surface area (Å²) in [6.07, 6.45) is 0.925. The molecule has 0 bridgehead atoms. The van der Waals surface area contributed by atoms with Gasteiger partial charge in [-0.15, -0.1) is 0 Å². The van der Waals surface area contributed by atoms with Crippen LogP contribution in [-0.2, 0) is 4.79 Å². The van der Waals surface area contributed by atoms with Crippen LogP contribution in [0.15, 0.2) is 18.2 Å². The molecule has 0 spiro atoms. The number of nitrogens with zero attached hydrogens (tertiary/aromatic N) is 1. The van der Waals surface area contributed by atoms with Crippen LogP contribution in [0, 0.1) is 10.1 Å². The number of hydrogen-bond acceptors (Lipinski definition) is 4. The minimum absolute atomic E-state index is 0.163. The number of carbonyl (C=O) groups excluding carboxylic acids is 2. The van der Waals surface area contributed by atoms with Crippen molar-refractivity contribution in [3.8, 4) is 0 Å². The highest BCUT2D eigenvalue weighted by atomic mass is 16.6. The van der Waals surface area contributed by atoms with Crippen LogP contribution in [-0.4, -0.2) is 16.6 Å². The van der Waals surface area contributed by atoms with Gasteiger partial charge in [0.1, 0.15) is 0 Å². The molecule has 0 saturated carbocycles. The van der Waals surface area contributed by atoms with Crippen molar-refractivity contribution in [2.24, 2.45) is 0 Å². The zero-order valence-corrected chi connectivity index (χ0v) is 10.2. The first-order valence-corrected chi connectivity index (χ1v) is 5.55. The van der Waals surface area contributed by atoms with Crippen LogP contribution in [0.1, 0.15) is 37.0 Å².